The predicted molar refractivity (Wildman–Crippen MR) is 59.3 cm³/mol. The minimum absolute atomic E-state index is 0.0941. The maximum Gasteiger partial charge on any atom is 0.240 e. The highest BCUT2D eigenvalue weighted by molar-refractivity contribution is 5.27. The molecule has 3 atom stereocenters. The van der Waals surface area contributed by atoms with E-state index in [0.717, 1.165) is 12.1 Å². The number of aromatic nitrogens is 2. The van der Waals surface area contributed by atoms with Crippen LogP contribution in [0.15, 0.2) is 6.20 Å². The summed E-state index contributed by atoms with van der Waals surface area (Å²) in [5.74, 6) is 2.07. The number of hydrogen-bond donors (Lipinski definition) is 1. The molecule has 0 radical (unpaired) electrons. The van der Waals surface area contributed by atoms with Gasteiger partial charge in [-0.05, 0) is 18.3 Å². The molecule has 2 rings (SSSR count). The minimum Gasteiger partial charge on any atom is -0.480 e. The Morgan fingerprint density at radius 2 is 2.12 bits per heavy atom. The molecule has 1 heterocycles. The van der Waals surface area contributed by atoms with Crippen molar-refractivity contribution < 1.29 is 9.47 Å². The second kappa shape index (κ2) is 4.25. The van der Waals surface area contributed by atoms with Gasteiger partial charge >= 0.3 is 0 Å². The van der Waals surface area contributed by atoms with E-state index < -0.39 is 0 Å². The summed E-state index contributed by atoms with van der Waals surface area (Å²) in [4.78, 5) is 8.46. The zero-order valence-electron chi connectivity index (χ0n) is 9.80. The number of hydrogen-bond acceptors (Lipinski definition) is 5. The molecule has 1 saturated carbocycles. The van der Waals surface area contributed by atoms with E-state index in [4.69, 9.17) is 15.2 Å². The van der Waals surface area contributed by atoms with Crippen LogP contribution in [0, 0.1) is 11.8 Å². The standard InChI is InChI=1S/C11H17N3O2/c1-6-4-7(6)9(12)10-11(16-3)14-8(15-2)5-13-10/h5-7,9H,4,12H2,1-3H3. The van der Waals surface area contributed by atoms with E-state index >= 15 is 0 Å². The lowest BCUT2D eigenvalue weighted by atomic mass is 10.1. The van der Waals surface area contributed by atoms with Gasteiger partial charge in [0.15, 0.2) is 0 Å². The molecule has 2 N–H and O–H groups in total. The molecule has 88 valence electrons. The third kappa shape index (κ3) is 1.95. The molecule has 1 aromatic rings. The molecule has 5 heteroatoms. The first-order valence-corrected chi connectivity index (χ1v) is 5.37. The van der Waals surface area contributed by atoms with Crippen molar-refractivity contribution in [2.45, 2.75) is 19.4 Å². The molecule has 0 bridgehead atoms. The van der Waals surface area contributed by atoms with Crippen molar-refractivity contribution in [1.82, 2.24) is 9.97 Å². The molecule has 0 amide bonds. The topological polar surface area (TPSA) is 70.3 Å². The lowest BCUT2D eigenvalue weighted by Gasteiger charge is -2.13. The highest BCUT2D eigenvalue weighted by atomic mass is 16.5. The maximum atomic E-state index is 6.14. The molecule has 0 aromatic carbocycles. The first kappa shape index (κ1) is 11.1. The van der Waals surface area contributed by atoms with Gasteiger partial charge in [0.2, 0.25) is 11.8 Å². The van der Waals surface area contributed by atoms with Crippen LogP contribution >= 0.6 is 0 Å². The fourth-order valence-electron chi connectivity index (χ4n) is 1.90. The molecule has 0 spiro atoms. The number of rotatable bonds is 4. The Hall–Kier alpha value is -1.36. The lowest BCUT2D eigenvalue weighted by Crippen LogP contribution is -2.17. The number of ether oxygens (including phenoxy) is 2. The number of methoxy groups -OCH3 is 2. The van der Waals surface area contributed by atoms with Crippen LogP contribution in [0.4, 0.5) is 0 Å². The van der Waals surface area contributed by atoms with Gasteiger partial charge in [-0.25, -0.2) is 4.98 Å². The fraction of sp³-hybridized carbons (Fsp3) is 0.636. The number of nitrogens with two attached hydrogens (primary N) is 1. The van der Waals surface area contributed by atoms with E-state index in [1.54, 1.807) is 20.4 Å². The van der Waals surface area contributed by atoms with Gasteiger partial charge in [0.25, 0.3) is 0 Å². The molecule has 16 heavy (non-hydrogen) atoms. The van der Waals surface area contributed by atoms with Crippen LogP contribution in [0.1, 0.15) is 25.1 Å². The summed E-state index contributed by atoms with van der Waals surface area (Å²) in [7, 11) is 3.11. The van der Waals surface area contributed by atoms with E-state index in [2.05, 4.69) is 16.9 Å². The predicted octanol–water partition coefficient (Wildman–Crippen LogP) is 1.15. The van der Waals surface area contributed by atoms with Crippen LogP contribution in [0.3, 0.4) is 0 Å². The van der Waals surface area contributed by atoms with Crippen molar-refractivity contribution in [3.8, 4) is 11.8 Å². The Morgan fingerprint density at radius 3 is 2.62 bits per heavy atom. The summed E-state index contributed by atoms with van der Waals surface area (Å²) in [6.45, 7) is 2.19. The van der Waals surface area contributed by atoms with E-state index in [-0.39, 0.29) is 6.04 Å². The molecule has 5 nitrogen and oxygen atoms in total. The van der Waals surface area contributed by atoms with Gasteiger partial charge in [0.1, 0.15) is 5.69 Å². The minimum atomic E-state index is -0.0941. The third-order valence-electron chi connectivity index (χ3n) is 3.10. The monoisotopic (exact) mass is 223 g/mol. The van der Waals surface area contributed by atoms with Gasteiger partial charge in [-0.2, -0.15) is 4.98 Å². The van der Waals surface area contributed by atoms with Crippen molar-refractivity contribution >= 4 is 0 Å². The smallest absolute Gasteiger partial charge is 0.240 e. The Labute approximate surface area is 95.0 Å². The van der Waals surface area contributed by atoms with E-state index in [9.17, 15) is 0 Å². The zero-order chi connectivity index (χ0) is 11.7. The van der Waals surface area contributed by atoms with Crippen molar-refractivity contribution in [2.24, 2.45) is 17.6 Å². The molecule has 0 saturated heterocycles. The highest BCUT2D eigenvalue weighted by Gasteiger charge is 2.40. The van der Waals surface area contributed by atoms with E-state index in [1.807, 2.05) is 0 Å². The fourth-order valence-corrected chi connectivity index (χ4v) is 1.90. The number of nitrogens with zero attached hydrogens (tertiary/aromatic N) is 2. The molecule has 1 fully saturated rings. The van der Waals surface area contributed by atoms with Crippen LogP contribution < -0.4 is 15.2 Å². The van der Waals surface area contributed by atoms with Crippen LogP contribution in [0.5, 0.6) is 11.8 Å². The lowest BCUT2D eigenvalue weighted by molar-refractivity contribution is 0.351. The Kier molecular flexibility index (Phi) is 2.96. The second-order valence-electron chi connectivity index (χ2n) is 4.21. The molecule has 1 aliphatic rings. The summed E-state index contributed by atoms with van der Waals surface area (Å²) in [5, 5.41) is 0. The van der Waals surface area contributed by atoms with Crippen molar-refractivity contribution in [3.05, 3.63) is 11.9 Å². The summed E-state index contributed by atoms with van der Waals surface area (Å²) in [6.07, 6.45) is 2.72. The van der Waals surface area contributed by atoms with Gasteiger partial charge in [-0.3, -0.25) is 0 Å². The van der Waals surface area contributed by atoms with E-state index in [0.29, 0.717) is 23.6 Å². The quantitative estimate of drug-likeness (QED) is 0.829. The molecular weight excluding hydrogens is 206 g/mol. The van der Waals surface area contributed by atoms with Gasteiger partial charge in [0.05, 0.1) is 26.5 Å². The third-order valence-corrected chi connectivity index (χ3v) is 3.10. The van der Waals surface area contributed by atoms with Crippen molar-refractivity contribution in [1.29, 1.82) is 0 Å². The van der Waals surface area contributed by atoms with Crippen LogP contribution in [-0.4, -0.2) is 24.2 Å². The highest BCUT2D eigenvalue weighted by Crippen LogP contribution is 2.46. The zero-order valence-corrected chi connectivity index (χ0v) is 9.80. The van der Waals surface area contributed by atoms with Crippen LogP contribution in [-0.2, 0) is 0 Å². The summed E-state index contributed by atoms with van der Waals surface area (Å²) >= 11 is 0. The second-order valence-corrected chi connectivity index (χ2v) is 4.21. The Bertz CT molecular complexity index is 383. The van der Waals surface area contributed by atoms with Crippen LogP contribution in [0.2, 0.25) is 0 Å². The summed E-state index contributed by atoms with van der Waals surface area (Å²) in [6, 6.07) is -0.0941. The van der Waals surface area contributed by atoms with Gasteiger partial charge in [0, 0.05) is 0 Å². The normalized spacial score (nSPS) is 25.0. The Balaban J connectivity index is 2.25. The van der Waals surface area contributed by atoms with Gasteiger partial charge in [-0.15, -0.1) is 0 Å². The molecule has 3 unspecified atom stereocenters. The first-order valence-electron chi connectivity index (χ1n) is 5.37. The molecule has 0 aliphatic heterocycles. The maximum absolute atomic E-state index is 6.14. The molecular formula is C11H17N3O2. The molecule has 1 aliphatic carbocycles. The average molecular weight is 223 g/mol. The summed E-state index contributed by atoms with van der Waals surface area (Å²) in [5.41, 5.74) is 6.86. The van der Waals surface area contributed by atoms with Crippen LogP contribution in [0.25, 0.3) is 0 Å². The van der Waals surface area contributed by atoms with Crippen molar-refractivity contribution in [3.63, 3.8) is 0 Å². The Morgan fingerprint density at radius 1 is 1.44 bits per heavy atom. The first-order chi connectivity index (χ1) is 7.67. The average Bonchev–Trinajstić information content (AvgIpc) is 3.04. The van der Waals surface area contributed by atoms with Gasteiger partial charge in [-0.1, -0.05) is 6.92 Å². The largest absolute Gasteiger partial charge is 0.480 e. The van der Waals surface area contributed by atoms with E-state index in [1.165, 1.54) is 0 Å². The van der Waals surface area contributed by atoms with Crippen molar-refractivity contribution in [2.75, 3.05) is 14.2 Å². The van der Waals surface area contributed by atoms with Gasteiger partial charge < -0.3 is 15.2 Å². The summed E-state index contributed by atoms with van der Waals surface area (Å²) < 4.78 is 10.2. The SMILES string of the molecule is COc1cnc(C(N)C2CC2C)c(OC)n1. The molecule has 1 aromatic heterocycles.